The van der Waals surface area contributed by atoms with Crippen molar-refractivity contribution in [3.8, 4) is 0 Å². The summed E-state index contributed by atoms with van der Waals surface area (Å²) in [5.74, 6) is 3.60. The summed E-state index contributed by atoms with van der Waals surface area (Å²) in [4.78, 5) is 3.30. The number of likely N-dealkylation sites (tertiary alicyclic amines) is 1. The Labute approximate surface area is 216 Å². The average molecular weight is 482 g/mol. The maximum absolute atomic E-state index is 4.37. The monoisotopic (exact) mass is 481 g/mol. The fraction of sp³-hybridized carbons (Fsp3) is 1.00. The molecule has 0 aromatic heterocycles. The minimum atomic E-state index is 0.469. The molecule has 1 spiro atoms. The minimum Gasteiger partial charge on any atom is -0.313 e. The molecule has 3 heteroatoms. The lowest BCUT2D eigenvalue weighted by Gasteiger charge is -2.75. The first-order valence-corrected chi connectivity index (χ1v) is 16.4. The molecule has 0 aromatic rings. The van der Waals surface area contributed by atoms with Gasteiger partial charge in [0.2, 0.25) is 0 Å². The van der Waals surface area contributed by atoms with Crippen LogP contribution >= 0.6 is 0 Å². The summed E-state index contributed by atoms with van der Waals surface area (Å²) in [5.41, 5.74) is 0.962. The first-order valence-electron chi connectivity index (χ1n) is 16.4. The van der Waals surface area contributed by atoms with Gasteiger partial charge in [-0.1, -0.05) is 58.8 Å². The molecule has 0 bridgehead atoms. The SMILES string of the molecule is CC1(C)C2CCCNC2C2(C3CCCCC3N(C3CCCCC3)C3CCCCC32)C2NCCCC21. The highest BCUT2D eigenvalue weighted by Crippen LogP contribution is 2.68. The summed E-state index contributed by atoms with van der Waals surface area (Å²) in [6.07, 6.45) is 25.3. The summed E-state index contributed by atoms with van der Waals surface area (Å²) < 4.78 is 0. The van der Waals surface area contributed by atoms with Crippen molar-refractivity contribution in [1.82, 2.24) is 15.5 Å². The van der Waals surface area contributed by atoms with E-state index in [1.54, 1.807) is 0 Å². The van der Waals surface area contributed by atoms with Crippen LogP contribution in [0.5, 0.6) is 0 Å². The molecule has 3 nitrogen and oxygen atoms in total. The van der Waals surface area contributed by atoms with Gasteiger partial charge in [0.1, 0.15) is 0 Å². The molecule has 8 atom stereocenters. The van der Waals surface area contributed by atoms with Crippen LogP contribution < -0.4 is 10.6 Å². The molecule has 35 heavy (non-hydrogen) atoms. The van der Waals surface area contributed by atoms with Crippen LogP contribution in [0.4, 0.5) is 0 Å². The van der Waals surface area contributed by atoms with E-state index in [2.05, 4.69) is 29.4 Å². The number of nitrogens with zero attached hydrogens (tertiary/aromatic N) is 1. The lowest BCUT2D eigenvalue weighted by molar-refractivity contribution is -0.236. The Morgan fingerprint density at radius 2 is 0.971 bits per heavy atom. The lowest BCUT2D eigenvalue weighted by atomic mass is 9.37. The Hall–Kier alpha value is -0.120. The van der Waals surface area contributed by atoms with Crippen LogP contribution in [0, 0.1) is 34.5 Å². The molecule has 7 rings (SSSR count). The maximum Gasteiger partial charge on any atom is 0.0178 e. The van der Waals surface area contributed by atoms with Crippen LogP contribution in [0.2, 0.25) is 0 Å². The minimum absolute atomic E-state index is 0.469. The van der Waals surface area contributed by atoms with E-state index in [1.165, 1.54) is 122 Å². The summed E-state index contributed by atoms with van der Waals surface area (Å²) >= 11 is 0. The molecule has 4 aliphatic carbocycles. The second kappa shape index (κ2) is 9.26. The Bertz CT molecular complexity index is 704. The van der Waals surface area contributed by atoms with E-state index >= 15 is 0 Å². The topological polar surface area (TPSA) is 27.3 Å². The molecule has 3 heterocycles. The van der Waals surface area contributed by atoms with Gasteiger partial charge in [-0.3, -0.25) is 4.90 Å². The summed E-state index contributed by atoms with van der Waals surface area (Å²) in [6.45, 7) is 7.95. The highest BCUT2D eigenvalue weighted by atomic mass is 15.3. The van der Waals surface area contributed by atoms with Crippen LogP contribution in [-0.4, -0.2) is 48.2 Å². The Kier molecular flexibility index (Phi) is 6.34. The van der Waals surface area contributed by atoms with Crippen LogP contribution in [-0.2, 0) is 0 Å². The van der Waals surface area contributed by atoms with Crippen LogP contribution in [0.1, 0.15) is 123 Å². The molecule has 8 unspecified atom stereocenters. The Morgan fingerprint density at radius 1 is 0.514 bits per heavy atom. The summed E-state index contributed by atoms with van der Waals surface area (Å²) in [5, 5.41) is 8.74. The third kappa shape index (κ3) is 3.45. The molecule has 198 valence electrons. The molecule has 0 radical (unpaired) electrons. The molecule has 0 amide bonds. The first-order chi connectivity index (χ1) is 17.1. The van der Waals surface area contributed by atoms with Crippen LogP contribution in [0.15, 0.2) is 0 Å². The van der Waals surface area contributed by atoms with Gasteiger partial charge < -0.3 is 10.6 Å². The fourth-order valence-corrected chi connectivity index (χ4v) is 12.4. The number of piperidine rings is 3. The van der Waals surface area contributed by atoms with E-state index in [-0.39, 0.29) is 0 Å². The smallest absolute Gasteiger partial charge is 0.0178 e. The van der Waals surface area contributed by atoms with Crippen molar-refractivity contribution in [2.45, 2.75) is 153 Å². The van der Waals surface area contributed by atoms with E-state index in [0.717, 1.165) is 53.9 Å². The predicted octanol–water partition coefficient (Wildman–Crippen LogP) is 6.51. The normalized spacial score (nSPS) is 50.6. The molecule has 3 aliphatic heterocycles. The summed E-state index contributed by atoms with van der Waals surface area (Å²) in [7, 11) is 0. The molecule has 2 N–H and O–H groups in total. The standard InChI is InChI=1S/C32H55N3/c1-31(2)25-16-10-20-33-29(25)32(30-26(31)17-11-21-34-30)23-14-6-8-18-27(23)35(22-12-4-3-5-13-22)28-19-9-7-15-24(28)32/h22-30,33-34H,3-21H2,1-2H3. The second-order valence-corrected chi connectivity index (χ2v) is 14.8. The van der Waals surface area contributed by atoms with Gasteiger partial charge in [-0.2, -0.15) is 0 Å². The number of rotatable bonds is 1. The Morgan fingerprint density at radius 3 is 1.51 bits per heavy atom. The third-order valence-electron chi connectivity index (χ3n) is 13.4. The van der Waals surface area contributed by atoms with Gasteiger partial charge in [0.15, 0.2) is 0 Å². The van der Waals surface area contributed by atoms with Crippen molar-refractivity contribution >= 4 is 0 Å². The number of hydrogen-bond donors (Lipinski definition) is 2. The van der Waals surface area contributed by atoms with Crippen molar-refractivity contribution in [3.63, 3.8) is 0 Å². The van der Waals surface area contributed by atoms with Gasteiger partial charge >= 0.3 is 0 Å². The van der Waals surface area contributed by atoms with Gasteiger partial charge in [-0.05, 0) is 106 Å². The van der Waals surface area contributed by atoms with E-state index in [9.17, 15) is 0 Å². The first kappa shape index (κ1) is 24.0. The molecule has 0 aromatic carbocycles. The number of nitrogens with one attached hydrogen (secondary N) is 2. The third-order valence-corrected chi connectivity index (χ3v) is 13.4. The molecule has 7 fully saturated rings. The zero-order chi connectivity index (χ0) is 23.6. The van der Waals surface area contributed by atoms with Crippen LogP contribution in [0.25, 0.3) is 0 Å². The Balaban J connectivity index is 1.39. The number of fused-ring (bicyclic) bond motifs is 8. The van der Waals surface area contributed by atoms with Gasteiger partial charge in [0.05, 0.1) is 0 Å². The van der Waals surface area contributed by atoms with Gasteiger partial charge in [0, 0.05) is 35.6 Å². The van der Waals surface area contributed by atoms with E-state index in [0.29, 0.717) is 10.8 Å². The number of hydrogen-bond acceptors (Lipinski definition) is 3. The predicted molar refractivity (Wildman–Crippen MR) is 145 cm³/mol. The molecule has 3 saturated heterocycles. The van der Waals surface area contributed by atoms with Gasteiger partial charge in [-0.15, -0.1) is 0 Å². The fourth-order valence-electron chi connectivity index (χ4n) is 12.4. The van der Waals surface area contributed by atoms with E-state index in [4.69, 9.17) is 0 Å². The zero-order valence-corrected chi connectivity index (χ0v) is 23.1. The molecular formula is C32H55N3. The molecule has 4 saturated carbocycles. The highest BCUT2D eigenvalue weighted by Gasteiger charge is 2.71. The van der Waals surface area contributed by atoms with Crippen molar-refractivity contribution < 1.29 is 0 Å². The van der Waals surface area contributed by atoms with Gasteiger partial charge in [0.25, 0.3) is 0 Å². The molecule has 7 aliphatic rings. The lowest BCUT2D eigenvalue weighted by Crippen LogP contribution is -2.82. The van der Waals surface area contributed by atoms with E-state index < -0.39 is 0 Å². The highest BCUT2D eigenvalue weighted by molar-refractivity contribution is 5.24. The van der Waals surface area contributed by atoms with Crippen molar-refractivity contribution in [2.24, 2.45) is 34.5 Å². The van der Waals surface area contributed by atoms with Crippen molar-refractivity contribution in [3.05, 3.63) is 0 Å². The van der Waals surface area contributed by atoms with Crippen molar-refractivity contribution in [2.75, 3.05) is 13.1 Å². The largest absolute Gasteiger partial charge is 0.313 e. The average Bonchev–Trinajstić information content (AvgIpc) is 2.92. The van der Waals surface area contributed by atoms with Gasteiger partial charge in [-0.25, -0.2) is 0 Å². The van der Waals surface area contributed by atoms with Crippen LogP contribution in [0.3, 0.4) is 0 Å². The van der Waals surface area contributed by atoms with E-state index in [1.807, 2.05) is 0 Å². The van der Waals surface area contributed by atoms with Crippen molar-refractivity contribution in [1.29, 1.82) is 0 Å². The second-order valence-electron chi connectivity index (χ2n) is 14.8. The summed E-state index contributed by atoms with van der Waals surface area (Å²) in [6, 6.07) is 4.16. The maximum atomic E-state index is 4.37. The molecular weight excluding hydrogens is 426 g/mol. The quantitative estimate of drug-likeness (QED) is 0.447. The zero-order valence-electron chi connectivity index (χ0n) is 23.1.